The third kappa shape index (κ3) is 4.87. The van der Waals surface area contributed by atoms with Gasteiger partial charge in [0.25, 0.3) is 5.91 Å². The fourth-order valence-electron chi connectivity index (χ4n) is 3.96. The van der Waals surface area contributed by atoms with Gasteiger partial charge in [-0.1, -0.05) is 18.5 Å². The second kappa shape index (κ2) is 9.11. The number of carbonyl (C=O) groups is 1. The van der Waals surface area contributed by atoms with Crippen molar-refractivity contribution in [3.8, 4) is 0 Å². The van der Waals surface area contributed by atoms with E-state index in [0.717, 1.165) is 32.5 Å². The number of benzene rings is 1. The minimum Gasteiger partial charge on any atom is -0.340 e. The molecular formula is C20H30ClN3O3S. The minimum atomic E-state index is -3.71. The number of hydrogen-bond donors (Lipinski definition) is 0. The maximum Gasteiger partial charge on any atom is 0.253 e. The van der Waals surface area contributed by atoms with Crippen LogP contribution in [0.5, 0.6) is 0 Å². The fraction of sp³-hybridized carbons (Fsp3) is 0.650. The Balaban J connectivity index is 1.75. The Bertz CT molecular complexity index is 809. The first-order valence-electron chi connectivity index (χ1n) is 10.1. The van der Waals surface area contributed by atoms with Crippen LogP contribution in [0, 0.1) is 5.92 Å². The number of sulfonamides is 1. The molecule has 0 aliphatic carbocycles. The first-order valence-corrected chi connectivity index (χ1v) is 11.9. The van der Waals surface area contributed by atoms with Gasteiger partial charge in [-0.05, 0) is 62.9 Å². The number of halogens is 1. The maximum absolute atomic E-state index is 13.1. The molecule has 0 radical (unpaired) electrons. The van der Waals surface area contributed by atoms with Crippen molar-refractivity contribution in [3.05, 3.63) is 28.8 Å². The Morgan fingerprint density at radius 2 is 1.93 bits per heavy atom. The van der Waals surface area contributed by atoms with Crippen molar-refractivity contribution >= 4 is 27.5 Å². The zero-order chi connectivity index (χ0) is 20.3. The average Bonchev–Trinajstić information content (AvgIpc) is 3.19. The largest absolute Gasteiger partial charge is 0.340 e. The molecule has 2 aliphatic rings. The van der Waals surface area contributed by atoms with Gasteiger partial charge in [0.15, 0.2) is 0 Å². The summed E-state index contributed by atoms with van der Waals surface area (Å²) < 4.78 is 27.7. The smallest absolute Gasteiger partial charge is 0.253 e. The fourth-order valence-corrected chi connectivity index (χ4v) is 6.06. The van der Waals surface area contributed by atoms with Gasteiger partial charge >= 0.3 is 0 Å². The summed E-state index contributed by atoms with van der Waals surface area (Å²) in [4.78, 5) is 16.9. The molecule has 1 amide bonds. The zero-order valence-corrected chi connectivity index (χ0v) is 18.3. The number of carbonyl (C=O) groups excluding carboxylic acids is 1. The van der Waals surface area contributed by atoms with Crippen LogP contribution in [0.2, 0.25) is 5.02 Å². The summed E-state index contributed by atoms with van der Waals surface area (Å²) in [5.74, 6) is 0.142. The van der Waals surface area contributed by atoms with Crippen LogP contribution in [0.25, 0.3) is 0 Å². The van der Waals surface area contributed by atoms with Crippen LogP contribution in [0.15, 0.2) is 23.1 Å². The van der Waals surface area contributed by atoms with Crippen LogP contribution in [-0.4, -0.2) is 74.7 Å². The van der Waals surface area contributed by atoms with Gasteiger partial charge in [0.05, 0.1) is 5.02 Å². The molecule has 8 heteroatoms. The predicted molar refractivity (Wildman–Crippen MR) is 111 cm³/mol. The topological polar surface area (TPSA) is 60.9 Å². The van der Waals surface area contributed by atoms with Gasteiger partial charge in [0.1, 0.15) is 4.90 Å². The number of piperidine rings is 1. The standard InChI is InChI=1S/C20H30ClN3O3S/c1-16-6-5-11-24(15-16)28(26,27)19-14-17(7-8-18(19)21)20(25)22(2)12-13-23-9-3-4-10-23/h7-8,14,16H,3-6,9-13,15H2,1-2H3. The molecule has 2 heterocycles. The second-order valence-corrected chi connectivity index (χ2v) is 10.3. The van der Waals surface area contributed by atoms with E-state index >= 15 is 0 Å². The third-order valence-corrected chi connectivity index (χ3v) is 8.06. The number of likely N-dealkylation sites (tertiary alicyclic amines) is 1. The molecule has 6 nitrogen and oxygen atoms in total. The molecule has 156 valence electrons. The number of likely N-dealkylation sites (N-methyl/N-ethyl adjacent to an activating group) is 1. The van der Waals surface area contributed by atoms with Gasteiger partial charge in [-0.3, -0.25) is 4.79 Å². The van der Waals surface area contributed by atoms with E-state index in [-0.39, 0.29) is 15.8 Å². The normalized spacial score (nSPS) is 21.8. The van der Waals surface area contributed by atoms with E-state index in [1.165, 1.54) is 29.3 Å². The lowest BCUT2D eigenvalue weighted by Gasteiger charge is -2.30. The molecule has 3 rings (SSSR count). The molecule has 28 heavy (non-hydrogen) atoms. The van der Waals surface area contributed by atoms with E-state index in [1.54, 1.807) is 18.0 Å². The summed E-state index contributed by atoms with van der Waals surface area (Å²) in [5.41, 5.74) is 0.358. The highest BCUT2D eigenvalue weighted by Crippen LogP contribution is 2.29. The van der Waals surface area contributed by atoms with Crippen LogP contribution in [0.4, 0.5) is 0 Å². The lowest BCUT2D eigenvalue weighted by atomic mass is 10.0. The van der Waals surface area contributed by atoms with E-state index in [2.05, 4.69) is 11.8 Å². The van der Waals surface area contributed by atoms with Gasteiger partial charge in [-0.2, -0.15) is 4.31 Å². The van der Waals surface area contributed by atoms with Gasteiger partial charge in [-0.15, -0.1) is 0 Å². The summed E-state index contributed by atoms with van der Waals surface area (Å²) in [7, 11) is -1.95. The Kier molecular flexibility index (Phi) is 7.02. The van der Waals surface area contributed by atoms with Crippen molar-refractivity contribution in [2.45, 2.75) is 37.5 Å². The Morgan fingerprint density at radius 1 is 1.21 bits per heavy atom. The highest BCUT2D eigenvalue weighted by atomic mass is 35.5. The highest BCUT2D eigenvalue weighted by Gasteiger charge is 2.31. The molecule has 0 saturated carbocycles. The molecule has 2 aliphatic heterocycles. The first-order chi connectivity index (χ1) is 13.3. The SMILES string of the molecule is CC1CCCN(S(=O)(=O)c2cc(C(=O)N(C)CCN3CCCC3)ccc2Cl)C1. The molecular weight excluding hydrogens is 398 g/mol. The van der Waals surface area contributed by atoms with E-state index in [0.29, 0.717) is 31.1 Å². The van der Waals surface area contributed by atoms with Crippen molar-refractivity contribution in [3.63, 3.8) is 0 Å². The summed E-state index contributed by atoms with van der Waals surface area (Å²) in [6, 6.07) is 4.56. The van der Waals surface area contributed by atoms with Gasteiger partial charge in [0.2, 0.25) is 10.0 Å². The second-order valence-electron chi connectivity index (χ2n) is 8.03. The molecule has 1 aromatic rings. The molecule has 0 spiro atoms. The van der Waals surface area contributed by atoms with Crippen molar-refractivity contribution in [2.75, 3.05) is 46.3 Å². The Hall–Kier alpha value is -1.15. The molecule has 0 N–H and O–H groups in total. The molecule has 0 aromatic heterocycles. The van der Waals surface area contributed by atoms with Crippen LogP contribution in [-0.2, 0) is 10.0 Å². The molecule has 2 saturated heterocycles. The number of nitrogens with zero attached hydrogens (tertiary/aromatic N) is 3. The quantitative estimate of drug-likeness (QED) is 0.700. The van der Waals surface area contributed by atoms with E-state index < -0.39 is 10.0 Å². The van der Waals surface area contributed by atoms with Crippen LogP contribution in [0.1, 0.15) is 43.0 Å². The average molecular weight is 428 g/mol. The lowest BCUT2D eigenvalue weighted by Crippen LogP contribution is -2.39. The molecule has 1 atom stereocenters. The summed E-state index contributed by atoms with van der Waals surface area (Å²) in [6.07, 6.45) is 4.30. The van der Waals surface area contributed by atoms with E-state index in [9.17, 15) is 13.2 Å². The van der Waals surface area contributed by atoms with E-state index in [1.807, 2.05) is 0 Å². The molecule has 1 unspecified atom stereocenters. The Labute approximate surface area is 173 Å². The molecule has 2 fully saturated rings. The van der Waals surface area contributed by atoms with Crippen molar-refractivity contribution in [1.82, 2.24) is 14.1 Å². The van der Waals surface area contributed by atoms with Crippen molar-refractivity contribution in [2.24, 2.45) is 5.92 Å². The predicted octanol–water partition coefficient (Wildman–Crippen LogP) is 2.93. The minimum absolute atomic E-state index is 0.0297. The lowest BCUT2D eigenvalue weighted by molar-refractivity contribution is 0.0782. The van der Waals surface area contributed by atoms with Crippen molar-refractivity contribution in [1.29, 1.82) is 0 Å². The summed E-state index contributed by atoms with van der Waals surface area (Å²) in [6.45, 7) is 6.67. The number of amides is 1. The van der Waals surface area contributed by atoms with Crippen LogP contribution >= 0.6 is 11.6 Å². The van der Waals surface area contributed by atoms with Crippen LogP contribution < -0.4 is 0 Å². The number of hydrogen-bond acceptors (Lipinski definition) is 4. The molecule has 1 aromatic carbocycles. The first kappa shape index (κ1) is 21.6. The monoisotopic (exact) mass is 427 g/mol. The van der Waals surface area contributed by atoms with Gasteiger partial charge < -0.3 is 9.80 Å². The summed E-state index contributed by atoms with van der Waals surface area (Å²) >= 11 is 6.23. The highest BCUT2D eigenvalue weighted by molar-refractivity contribution is 7.89. The van der Waals surface area contributed by atoms with E-state index in [4.69, 9.17) is 11.6 Å². The van der Waals surface area contributed by atoms with Gasteiger partial charge in [-0.25, -0.2) is 8.42 Å². The number of rotatable bonds is 6. The Morgan fingerprint density at radius 3 is 2.61 bits per heavy atom. The third-order valence-electron chi connectivity index (χ3n) is 5.71. The van der Waals surface area contributed by atoms with Crippen LogP contribution in [0.3, 0.4) is 0 Å². The summed E-state index contributed by atoms with van der Waals surface area (Å²) in [5, 5.41) is 0.162. The van der Waals surface area contributed by atoms with Gasteiger partial charge in [0, 0.05) is 38.8 Å². The van der Waals surface area contributed by atoms with Crippen molar-refractivity contribution < 1.29 is 13.2 Å². The zero-order valence-electron chi connectivity index (χ0n) is 16.7. The maximum atomic E-state index is 13.1. The molecule has 0 bridgehead atoms.